The summed E-state index contributed by atoms with van der Waals surface area (Å²) in [5.41, 5.74) is 6.02. The Balaban J connectivity index is 3.32. The molecular formula is C10H15N3O4S. The first-order valence-corrected chi connectivity index (χ1v) is 6.43. The second-order valence-corrected chi connectivity index (χ2v) is 5.82. The molecule has 0 aliphatic heterocycles. The van der Waals surface area contributed by atoms with Crippen molar-refractivity contribution in [2.75, 3.05) is 30.7 Å². The molecule has 0 unspecified atom stereocenters. The van der Waals surface area contributed by atoms with Crippen molar-refractivity contribution in [2.45, 2.75) is 0 Å². The van der Waals surface area contributed by atoms with E-state index in [1.807, 2.05) is 0 Å². The van der Waals surface area contributed by atoms with Gasteiger partial charge in [0.05, 0.1) is 11.4 Å². The second kappa shape index (κ2) is 5.23. The van der Waals surface area contributed by atoms with Gasteiger partial charge in [0.2, 0.25) is 0 Å². The summed E-state index contributed by atoms with van der Waals surface area (Å²) in [4.78, 5) is 10.8. The van der Waals surface area contributed by atoms with E-state index in [9.17, 15) is 13.2 Å². The average molecular weight is 273 g/mol. The van der Waals surface area contributed by atoms with E-state index in [-0.39, 0.29) is 11.4 Å². The number of anilines is 2. The van der Waals surface area contributed by atoms with Gasteiger partial charge in [-0.05, 0) is 12.1 Å². The third-order valence-corrected chi connectivity index (χ3v) is 4.03. The number of nitrogens with zero attached hydrogens (tertiary/aromatic N) is 2. The summed E-state index contributed by atoms with van der Waals surface area (Å²) in [7, 11) is -1.26. The van der Waals surface area contributed by atoms with Crippen molar-refractivity contribution in [1.29, 1.82) is 0 Å². The maximum atomic E-state index is 12.1. The van der Waals surface area contributed by atoms with Crippen LogP contribution in [0.1, 0.15) is 0 Å². The molecule has 0 atom stereocenters. The number of aliphatic carboxylic acids is 1. The zero-order valence-corrected chi connectivity index (χ0v) is 10.9. The molecule has 7 nitrogen and oxygen atoms in total. The van der Waals surface area contributed by atoms with E-state index in [1.54, 1.807) is 12.1 Å². The first-order chi connectivity index (χ1) is 8.26. The lowest BCUT2D eigenvalue weighted by Crippen LogP contribution is -2.43. The van der Waals surface area contributed by atoms with Gasteiger partial charge in [0.1, 0.15) is 6.54 Å². The first-order valence-electron chi connectivity index (χ1n) is 5.03. The number of hydrogen-bond acceptors (Lipinski definition) is 4. The van der Waals surface area contributed by atoms with Crippen LogP contribution in [0.15, 0.2) is 24.3 Å². The minimum Gasteiger partial charge on any atom is -0.480 e. The van der Waals surface area contributed by atoms with Crippen molar-refractivity contribution >= 4 is 27.6 Å². The smallest absolute Gasteiger partial charge is 0.324 e. The maximum Gasteiger partial charge on any atom is 0.324 e. The topological polar surface area (TPSA) is 104 Å². The Morgan fingerprint density at radius 2 is 1.89 bits per heavy atom. The van der Waals surface area contributed by atoms with Gasteiger partial charge in [0, 0.05) is 14.1 Å². The largest absolute Gasteiger partial charge is 0.480 e. The summed E-state index contributed by atoms with van der Waals surface area (Å²) in [6.45, 7) is -0.686. The lowest BCUT2D eigenvalue weighted by Gasteiger charge is -2.26. The Morgan fingerprint density at radius 1 is 1.33 bits per heavy atom. The molecule has 3 N–H and O–H groups in total. The predicted molar refractivity (Wildman–Crippen MR) is 68.4 cm³/mol. The van der Waals surface area contributed by atoms with Crippen LogP contribution in [-0.4, -0.2) is 44.4 Å². The van der Waals surface area contributed by atoms with Crippen LogP contribution in [0.3, 0.4) is 0 Å². The van der Waals surface area contributed by atoms with Crippen LogP contribution in [-0.2, 0) is 15.0 Å². The molecule has 0 amide bonds. The maximum absolute atomic E-state index is 12.1. The molecule has 8 heteroatoms. The Labute approximate surface area is 106 Å². The van der Waals surface area contributed by atoms with Crippen molar-refractivity contribution in [2.24, 2.45) is 0 Å². The van der Waals surface area contributed by atoms with Crippen LogP contribution in [0.2, 0.25) is 0 Å². The number of benzene rings is 1. The van der Waals surface area contributed by atoms with Crippen LogP contribution in [0, 0.1) is 0 Å². The average Bonchev–Trinajstić information content (AvgIpc) is 2.26. The molecule has 0 saturated heterocycles. The lowest BCUT2D eigenvalue weighted by molar-refractivity contribution is -0.135. The molecule has 0 heterocycles. The van der Waals surface area contributed by atoms with E-state index < -0.39 is 22.7 Å². The summed E-state index contributed by atoms with van der Waals surface area (Å²) in [6, 6.07) is 6.19. The number of hydrogen-bond donors (Lipinski definition) is 2. The molecule has 0 bridgehead atoms. The predicted octanol–water partition coefficient (Wildman–Crippen LogP) is -0.0338. The number of nitrogen functional groups attached to an aromatic ring is 1. The highest BCUT2D eigenvalue weighted by atomic mass is 32.2. The summed E-state index contributed by atoms with van der Waals surface area (Å²) >= 11 is 0. The molecule has 0 spiro atoms. The SMILES string of the molecule is CN(C)S(=O)(=O)N(CC(=O)O)c1ccccc1N. The molecule has 0 aromatic heterocycles. The van der Waals surface area contributed by atoms with Gasteiger partial charge in [0.25, 0.3) is 0 Å². The number of para-hydroxylation sites is 2. The molecule has 0 saturated carbocycles. The highest BCUT2D eigenvalue weighted by molar-refractivity contribution is 7.90. The number of carboxylic acid groups (broad SMARTS) is 1. The summed E-state index contributed by atoms with van der Waals surface area (Å²) in [6.07, 6.45) is 0. The zero-order chi connectivity index (χ0) is 13.9. The monoisotopic (exact) mass is 273 g/mol. The van der Waals surface area contributed by atoms with Gasteiger partial charge in [-0.25, -0.2) is 4.31 Å². The van der Waals surface area contributed by atoms with E-state index in [2.05, 4.69) is 0 Å². The molecule has 0 aliphatic rings. The summed E-state index contributed by atoms with van der Waals surface area (Å²) in [5.74, 6) is -1.26. The van der Waals surface area contributed by atoms with Crippen LogP contribution in [0.4, 0.5) is 11.4 Å². The first kappa shape index (κ1) is 14.3. The minimum absolute atomic E-state index is 0.147. The minimum atomic E-state index is -3.90. The number of nitrogens with two attached hydrogens (primary N) is 1. The van der Waals surface area contributed by atoms with Crippen LogP contribution >= 0.6 is 0 Å². The molecular weight excluding hydrogens is 258 g/mol. The fourth-order valence-corrected chi connectivity index (χ4v) is 2.41. The van der Waals surface area contributed by atoms with Crippen LogP contribution in [0.25, 0.3) is 0 Å². The van der Waals surface area contributed by atoms with E-state index in [4.69, 9.17) is 10.8 Å². The molecule has 0 aliphatic carbocycles. The van der Waals surface area contributed by atoms with Gasteiger partial charge < -0.3 is 10.8 Å². The van der Waals surface area contributed by atoms with Gasteiger partial charge in [-0.2, -0.15) is 12.7 Å². The van der Waals surface area contributed by atoms with Crippen molar-refractivity contribution in [3.05, 3.63) is 24.3 Å². The molecule has 100 valence electrons. The van der Waals surface area contributed by atoms with Crippen LogP contribution < -0.4 is 10.0 Å². The Morgan fingerprint density at radius 3 is 2.33 bits per heavy atom. The van der Waals surface area contributed by atoms with Gasteiger partial charge in [-0.15, -0.1) is 0 Å². The Kier molecular flexibility index (Phi) is 4.15. The Bertz CT molecular complexity index is 542. The van der Waals surface area contributed by atoms with Crippen molar-refractivity contribution in [1.82, 2.24) is 4.31 Å². The fraction of sp³-hybridized carbons (Fsp3) is 0.300. The van der Waals surface area contributed by atoms with Gasteiger partial charge in [0.15, 0.2) is 0 Å². The number of rotatable bonds is 5. The van der Waals surface area contributed by atoms with Gasteiger partial charge >= 0.3 is 16.2 Å². The van der Waals surface area contributed by atoms with Gasteiger partial charge in [-0.3, -0.25) is 4.79 Å². The molecule has 18 heavy (non-hydrogen) atoms. The standard InChI is InChI=1S/C10H15N3O4S/c1-12(2)18(16,17)13(7-10(14)15)9-6-4-3-5-8(9)11/h3-6H,7,11H2,1-2H3,(H,14,15). The van der Waals surface area contributed by atoms with E-state index in [1.165, 1.54) is 26.2 Å². The van der Waals surface area contributed by atoms with Crippen molar-refractivity contribution < 1.29 is 18.3 Å². The normalized spacial score (nSPS) is 11.5. The summed E-state index contributed by atoms with van der Waals surface area (Å²) in [5, 5.41) is 8.82. The third-order valence-electron chi connectivity index (χ3n) is 2.22. The summed E-state index contributed by atoms with van der Waals surface area (Å²) < 4.78 is 25.8. The zero-order valence-electron chi connectivity index (χ0n) is 10.1. The van der Waals surface area contributed by atoms with E-state index >= 15 is 0 Å². The second-order valence-electron chi connectivity index (χ2n) is 3.75. The molecule has 1 aromatic carbocycles. The van der Waals surface area contributed by atoms with Crippen molar-refractivity contribution in [3.63, 3.8) is 0 Å². The number of carboxylic acids is 1. The van der Waals surface area contributed by atoms with E-state index in [0.29, 0.717) is 0 Å². The molecule has 0 radical (unpaired) electrons. The Hall–Kier alpha value is -1.80. The molecule has 1 aromatic rings. The molecule has 0 fully saturated rings. The highest BCUT2D eigenvalue weighted by Gasteiger charge is 2.28. The fourth-order valence-electron chi connectivity index (χ4n) is 1.33. The quantitative estimate of drug-likeness (QED) is 0.733. The van der Waals surface area contributed by atoms with Crippen molar-refractivity contribution in [3.8, 4) is 0 Å². The number of carbonyl (C=O) groups is 1. The highest BCUT2D eigenvalue weighted by Crippen LogP contribution is 2.25. The third kappa shape index (κ3) is 2.90. The van der Waals surface area contributed by atoms with Crippen LogP contribution in [0.5, 0.6) is 0 Å². The van der Waals surface area contributed by atoms with E-state index in [0.717, 1.165) is 8.61 Å². The molecule has 1 rings (SSSR count). The lowest BCUT2D eigenvalue weighted by atomic mass is 10.3. The van der Waals surface area contributed by atoms with Gasteiger partial charge in [-0.1, -0.05) is 12.1 Å².